The van der Waals surface area contributed by atoms with Crippen molar-refractivity contribution in [1.82, 2.24) is 4.98 Å². The standard InChI is InChI=1S/C15H18N2O/c18-15-8-4-3-7-14(15)17-13-9-10-16-12-6-2-1-5-11(12)13/h1-2,5-6,9-10,14-15,18H,3-4,7-8H2,(H,16,17). The summed E-state index contributed by atoms with van der Waals surface area (Å²) in [5, 5.41) is 14.6. The Morgan fingerprint density at radius 3 is 2.83 bits per heavy atom. The fraction of sp³-hybridized carbons (Fsp3) is 0.400. The van der Waals surface area contributed by atoms with Crippen molar-refractivity contribution in [2.45, 2.75) is 37.8 Å². The average Bonchev–Trinajstić information content (AvgIpc) is 2.42. The van der Waals surface area contributed by atoms with Gasteiger partial charge in [-0.05, 0) is 25.0 Å². The normalized spacial score (nSPS) is 24.1. The molecule has 0 aliphatic heterocycles. The lowest BCUT2D eigenvalue weighted by molar-refractivity contribution is 0.116. The summed E-state index contributed by atoms with van der Waals surface area (Å²) in [5.41, 5.74) is 2.07. The molecule has 1 heterocycles. The molecular weight excluding hydrogens is 224 g/mol. The Balaban J connectivity index is 1.90. The third kappa shape index (κ3) is 2.18. The van der Waals surface area contributed by atoms with E-state index in [4.69, 9.17) is 0 Å². The molecule has 2 atom stereocenters. The first-order valence-corrected chi connectivity index (χ1v) is 6.63. The molecule has 3 heteroatoms. The number of aliphatic hydroxyl groups excluding tert-OH is 1. The van der Waals surface area contributed by atoms with E-state index in [2.05, 4.69) is 16.4 Å². The number of aromatic nitrogens is 1. The first-order valence-electron chi connectivity index (χ1n) is 6.63. The van der Waals surface area contributed by atoms with Gasteiger partial charge in [0.1, 0.15) is 0 Å². The van der Waals surface area contributed by atoms with Crippen molar-refractivity contribution in [3.63, 3.8) is 0 Å². The second-order valence-electron chi connectivity index (χ2n) is 4.98. The third-order valence-electron chi connectivity index (χ3n) is 3.72. The van der Waals surface area contributed by atoms with Crippen LogP contribution in [0.5, 0.6) is 0 Å². The molecule has 0 amide bonds. The molecule has 1 aromatic carbocycles. The van der Waals surface area contributed by atoms with E-state index in [0.29, 0.717) is 0 Å². The summed E-state index contributed by atoms with van der Waals surface area (Å²) in [5.74, 6) is 0. The number of benzene rings is 1. The lowest BCUT2D eigenvalue weighted by atomic mass is 9.92. The van der Waals surface area contributed by atoms with Crippen molar-refractivity contribution < 1.29 is 5.11 Å². The van der Waals surface area contributed by atoms with E-state index < -0.39 is 0 Å². The number of anilines is 1. The lowest BCUT2D eigenvalue weighted by Gasteiger charge is -2.29. The summed E-state index contributed by atoms with van der Waals surface area (Å²) < 4.78 is 0. The van der Waals surface area contributed by atoms with Gasteiger partial charge in [-0.2, -0.15) is 0 Å². The smallest absolute Gasteiger partial charge is 0.0741 e. The maximum absolute atomic E-state index is 10.0. The van der Waals surface area contributed by atoms with Crippen molar-refractivity contribution in [3.05, 3.63) is 36.5 Å². The zero-order valence-corrected chi connectivity index (χ0v) is 10.3. The predicted molar refractivity (Wildman–Crippen MR) is 73.6 cm³/mol. The van der Waals surface area contributed by atoms with Crippen LogP contribution >= 0.6 is 0 Å². The Bertz CT molecular complexity index is 536. The van der Waals surface area contributed by atoms with E-state index in [-0.39, 0.29) is 12.1 Å². The van der Waals surface area contributed by atoms with Crippen LogP contribution in [0.1, 0.15) is 25.7 Å². The van der Waals surface area contributed by atoms with E-state index in [0.717, 1.165) is 35.9 Å². The zero-order valence-electron chi connectivity index (χ0n) is 10.3. The fourth-order valence-corrected chi connectivity index (χ4v) is 2.70. The molecule has 1 saturated carbocycles. The monoisotopic (exact) mass is 242 g/mol. The highest BCUT2D eigenvalue weighted by molar-refractivity contribution is 5.90. The number of rotatable bonds is 2. The molecular formula is C15H18N2O. The third-order valence-corrected chi connectivity index (χ3v) is 3.72. The van der Waals surface area contributed by atoms with Crippen LogP contribution in [0.15, 0.2) is 36.5 Å². The molecule has 1 aliphatic rings. The molecule has 0 bridgehead atoms. The molecule has 0 radical (unpaired) electrons. The minimum atomic E-state index is -0.231. The Kier molecular flexibility index (Phi) is 3.15. The Morgan fingerprint density at radius 2 is 1.94 bits per heavy atom. The van der Waals surface area contributed by atoms with E-state index >= 15 is 0 Å². The summed E-state index contributed by atoms with van der Waals surface area (Å²) in [6, 6.07) is 10.3. The highest BCUT2D eigenvalue weighted by atomic mass is 16.3. The number of nitrogens with one attached hydrogen (secondary N) is 1. The number of hydrogen-bond donors (Lipinski definition) is 2. The van der Waals surface area contributed by atoms with Crippen molar-refractivity contribution in [2.24, 2.45) is 0 Å². The maximum atomic E-state index is 10.0. The summed E-state index contributed by atoms with van der Waals surface area (Å²) >= 11 is 0. The highest BCUT2D eigenvalue weighted by Gasteiger charge is 2.23. The first-order chi connectivity index (χ1) is 8.84. The van der Waals surface area contributed by atoms with Gasteiger partial charge in [0.05, 0.1) is 17.7 Å². The molecule has 1 aliphatic carbocycles. The second kappa shape index (κ2) is 4.94. The van der Waals surface area contributed by atoms with Crippen LogP contribution in [0.25, 0.3) is 10.9 Å². The van der Waals surface area contributed by atoms with Crippen molar-refractivity contribution >= 4 is 16.6 Å². The van der Waals surface area contributed by atoms with Gasteiger partial charge in [-0.3, -0.25) is 4.98 Å². The van der Waals surface area contributed by atoms with Gasteiger partial charge in [-0.25, -0.2) is 0 Å². The highest BCUT2D eigenvalue weighted by Crippen LogP contribution is 2.26. The Hall–Kier alpha value is -1.61. The topological polar surface area (TPSA) is 45.1 Å². The van der Waals surface area contributed by atoms with Gasteiger partial charge in [0.15, 0.2) is 0 Å². The average molecular weight is 242 g/mol. The summed E-state index contributed by atoms with van der Waals surface area (Å²) in [6.07, 6.45) is 5.86. The Morgan fingerprint density at radius 1 is 1.11 bits per heavy atom. The predicted octanol–water partition coefficient (Wildman–Crippen LogP) is 2.95. The number of para-hydroxylation sites is 1. The number of hydrogen-bond acceptors (Lipinski definition) is 3. The van der Waals surface area contributed by atoms with Gasteiger partial charge in [-0.1, -0.05) is 31.0 Å². The zero-order chi connectivity index (χ0) is 12.4. The first kappa shape index (κ1) is 11.5. The summed E-state index contributed by atoms with van der Waals surface area (Å²) in [4.78, 5) is 4.35. The SMILES string of the molecule is OC1CCCCC1Nc1ccnc2ccccc12. The van der Waals surface area contributed by atoms with E-state index in [1.54, 1.807) is 0 Å². The molecule has 18 heavy (non-hydrogen) atoms. The number of fused-ring (bicyclic) bond motifs is 1. The van der Waals surface area contributed by atoms with Crippen LogP contribution in [-0.4, -0.2) is 22.2 Å². The molecule has 0 saturated heterocycles. The van der Waals surface area contributed by atoms with Crippen molar-refractivity contribution in [3.8, 4) is 0 Å². The molecule has 2 N–H and O–H groups in total. The van der Waals surface area contributed by atoms with Crippen LogP contribution in [0.2, 0.25) is 0 Å². The minimum absolute atomic E-state index is 0.171. The molecule has 1 fully saturated rings. The lowest BCUT2D eigenvalue weighted by Crippen LogP contribution is -2.36. The maximum Gasteiger partial charge on any atom is 0.0741 e. The number of aliphatic hydroxyl groups is 1. The molecule has 3 nitrogen and oxygen atoms in total. The van der Waals surface area contributed by atoms with Gasteiger partial charge in [0, 0.05) is 17.3 Å². The van der Waals surface area contributed by atoms with Crippen LogP contribution < -0.4 is 5.32 Å². The largest absolute Gasteiger partial charge is 0.391 e. The minimum Gasteiger partial charge on any atom is -0.391 e. The van der Waals surface area contributed by atoms with Crippen molar-refractivity contribution in [2.75, 3.05) is 5.32 Å². The number of pyridine rings is 1. The molecule has 94 valence electrons. The van der Waals surface area contributed by atoms with E-state index in [1.165, 1.54) is 6.42 Å². The van der Waals surface area contributed by atoms with Crippen LogP contribution in [0, 0.1) is 0 Å². The van der Waals surface area contributed by atoms with E-state index in [9.17, 15) is 5.11 Å². The van der Waals surface area contributed by atoms with Gasteiger partial charge in [0.2, 0.25) is 0 Å². The van der Waals surface area contributed by atoms with Gasteiger partial charge < -0.3 is 10.4 Å². The van der Waals surface area contributed by atoms with Crippen LogP contribution in [0.4, 0.5) is 5.69 Å². The van der Waals surface area contributed by atoms with Crippen LogP contribution in [0.3, 0.4) is 0 Å². The van der Waals surface area contributed by atoms with Gasteiger partial charge in [0.25, 0.3) is 0 Å². The van der Waals surface area contributed by atoms with E-state index in [1.807, 2.05) is 30.5 Å². The molecule has 2 aromatic rings. The quantitative estimate of drug-likeness (QED) is 0.851. The second-order valence-corrected chi connectivity index (χ2v) is 4.98. The van der Waals surface area contributed by atoms with Crippen molar-refractivity contribution in [1.29, 1.82) is 0 Å². The Labute approximate surface area is 107 Å². The van der Waals surface area contributed by atoms with Gasteiger partial charge in [-0.15, -0.1) is 0 Å². The molecule has 1 aromatic heterocycles. The summed E-state index contributed by atoms with van der Waals surface area (Å²) in [6.45, 7) is 0. The molecule has 0 spiro atoms. The molecule has 2 unspecified atom stereocenters. The van der Waals surface area contributed by atoms with Crippen LogP contribution in [-0.2, 0) is 0 Å². The van der Waals surface area contributed by atoms with Gasteiger partial charge >= 0.3 is 0 Å². The fourth-order valence-electron chi connectivity index (χ4n) is 2.70. The molecule has 3 rings (SSSR count). The summed E-state index contributed by atoms with van der Waals surface area (Å²) in [7, 11) is 0. The number of nitrogens with zero attached hydrogens (tertiary/aromatic N) is 1.